The highest BCUT2D eigenvalue weighted by Gasteiger charge is 2.31. The van der Waals surface area contributed by atoms with Crippen LogP contribution in [0.1, 0.15) is 12.8 Å². The first-order chi connectivity index (χ1) is 9.56. The van der Waals surface area contributed by atoms with Crippen molar-refractivity contribution in [3.8, 4) is 0 Å². The third kappa shape index (κ3) is 2.58. The molecule has 0 aliphatic carbocycles. The number of rotatable bonds is 3. The summed E-state index contributed by atoms with van der Waals surface area (Å²) in [6.45, 7) is 0.361. The van der Waals surface area contributed by atoms with E-state index in [0.717, 1.165) is 17.3 Å². The molecule has 2 aromatic rings. The SMILES string of the molecule is O=S1(=O)CCCC1CNc1nc(Cl)nc2ccccc12. The first kappa shape index (κ1) is 13.6. The lowest BCUT2D eigenvalue weighted by molar-refractivity contribution is 0.591. The maximum absolute atomic E-state index is 11.8. The molecule has 5 nitrogen and oxygen atoms in total. The lowest BCUT2D eigenvalue weighted by Gasteiger charge is -2.13. The Labute approximate surface area is 122 Å². The standard InChI is InChI=1S/C13H14ClN3O2S/c14-13-16-11-6-2-1-5-10(11)12(17-13)15-8-9-4-3-7-20(9,18)19/h1-2,5-6,9H,3-4,7-8H2,(H,15,16,17). The van der Waals surface area contributed by atoms with E-state index in [1.807, 2.05) is 24.3 Å². The van der Waals surface area contributed by atoms with Gasteiger partial charge in [0.1, 0.15) is 5.82 Å². The van der Waals surface area contributed by atoms with E-state index < -0.39 is 9.84 Å². The lowest BCUT2D eigenvalue weighted by Crippen LogP contribution is -2.25. The summed E-state index contributed by atoms with van der Waals surface area (Å²) >= 11 is 5.89. The molecular weight excluding hydrogens is 298 g/mol. The van der Waals surface area contributed by atoms with Gasteiger partial charge in [-0.2, -0.15) is 0 Å². The fraction of sp³-hybridized carbons (Fsp3) is 0.385. The van der Waals surface area contributed by atoms with E-state index in [4.69, 9.17) is 11.6 Å². The van der Waals surface area contributed by atoms with Crippen molar-refractivity contribution in [1.29, 1.82) is 0 Å². The topological polar surface area (TPSA) is 72.0 Å². The summed E-state index contributed by atoms with van der Waals surface area (Å²) in [7, 11) is -2.96. The van der Waals surface area contributed by atoms with E-state index in [-0.39, 0.29) is 16.3 Å². The normalized spacial score (nSPS) is 21.1. The Kier molecular flexibility index (Phi) is 3.52. The average molecular weight is 312 g/mol. The minimum Gasteiger partial charge on any atom is -0.368 e. The number of hydrogen-bond acceptors (Lipinski definition) is 5. The summed E-state index contributed by atoms with van der Waals surface area (Å²) in [5.41, 5.74) is 0.740. The van der Waals surface area contributed by atoms with Gasteiger partial charge in [0.15, 0.2) is 9.84 Å². The first-order valence-corrected chi connectivity index (χ1v) is 8.53. The van der Waals surface area contributed by atoms with Crippen molar-refractivity contribution >= 4 is 38.2 Å². The third-order valence-corrected chi connectivity index (χ3v) is 5.98. The fourth-order valence-electron chi connectivity index (χ4n) is 2.48. The number of aromatic nitrogens is 2. The molecule has 7 heteroatoms. The minimum absolute atomic E-state index is 0.153. The van der Waals surface area contributed by atoms with Gasteiger partial charge in [0, 0.05) is 11.9 Å². The molecule has 1 aromatic heterocycles. The van der Waals surface area contributed by atoms with Crippen LogP contribution in [-0.2, 0) is 9.84 Å². The molecule has 1 N–H and O–H groups in total. The van der Waals surface area contributed by atoms with Gasteiger partial charge in [-0.3, -0.25) is 0 Å². The summed E-state index contributed by atoms with van der Waals surface area (Å²) in [5.74, 6) is 0.868. The van der Waals surface area contributed by atoms with E-state index in [1.54, 1.807) is 0 Å². The summed E-state index contributed by atoms with van der Waals surface area (Å²) in [6, 6.07) is 7.49. The van der Waals surface area contributed by atoms with Crippen molar-refractivity contribution in [2.75, 3.05) is 17.6 Å². The van der Waals surface area contributed by atoms with Crippen molar-refractivity contribution < 1.29 is 8.42 Å². The highest BCUT2D eigenvalue weighted by atomic mass is 35.5. The predicted molar refractivity (Wildman–Crippen MR) is 79.8 cm³/mol. The molecule has 2 heterocycles. The van der Waals surface area contributed by atoms with Crippen LogP contribution < -0.4 is 5.32 Å². The number of nitrogens with zero attached hydrogens (tertiary/aromatic N) is 2. The maximum Gasteiger partial charge on any atom is 0.224 e. The van der Waals surface area contributed by atoms with Gasteiger partial charge in [0.25, 0.3) is 0 Å². The van der Waals surface area contributed by atoms with Gasteiger partial charge in [-0.15, -0.1) is 0 Å². The molecule has 0 saturated carbocycles. The second-order valence-electron chi connectivity index (χ2n) is 4.87. The number of sulfone groups is 1. The number of fused-ring (bicyclic) bond motifs is 1. The Morgan fingerprint density at radius 3 is 2.85 bits per heavy atom. The molecule has 1 aromatic carbocycles. The zero-order chi connectivity index (χ0) is 14.2. The van der Waals surface area contributed by atoms with Crippen LogP contribution in [0.5, 0.6) is 0 Å². The Bertz CT molecular complexity index is 748. The van der Waals surface area contributed by atoms with E-state index in [9.17, 15) is 8.42 Å². The number of nitrogens with one attached hydrogen (secondary N) is 1. The van der Waals surface area contributed by atoms with Crippen LogP contribution in [0.25, 0.3) is 10.9 Å². The lowest BCUT2D eigenvalue weighted by atomic mass is 10.2. The van der Waals surface area contributed by atoms with Crippen LogP contribution in [0.15, 0.2) is 24.3 Å². The summed E-state index contributed by atoms with van der Waals surface area (Å²) in [5, 5.41) is 3.77. The number of anilines is 1. The van der Waals surface area contributed by atoms with E-state index >= 15 is 0 Å². The van der Waals surface area contributed by atoms with Gasteiger partial charge in [-0.1, -0.05) is 12.1 Å². The first-order valence-electron chi connectivity index (χ1n) is 6.44. The second-order valence-corrected chi connectivity index (χ2v) is 7.61. The monoisotopic (exact) mass is 311 g/mol. The molecule has 3 rings (SSSR count). The van der Waals surface area contributed by atoms with Crippen LogP contribution >= 0.6 is 11.6 Å². The van der Waals surface area contributed by atoms with Crippen molar-refractivity contribution in [1.82, 2.24) is 9.97 Å². The van der Waals surface area contributed by atoms with Crippen LogP contribution in [0.2, 0.25) is 5.28 Å². The number of benzene rings is 1. The Morgan fingerprint density at radius 2 is 2.10 bits per heavy atom. The molecule has 106 valence electrons. The van der Waals surface area contributed by atoms with Gasteiger partial charge in [0.2, 0.25) is 5.28 Å². The Balaban J connectivity index is 1.88. The highest BCUT2D eigenvalue weighted by molar-refractivity contribution is 7.92. The van der Waals surface area contributed by atoms with Crippen LogP contribution in [0.3, 0.4) is 0 Å². The van der Waals surface area contributed by atoms with Gasteiger partial charge in [-0.25, -0.2) is 18.4 Å². The Hall–Kier alpha value is -1.40. The molecule has 1 saturated heterocycles. The fourth-order valence-corrected chi connectivity index (χ4v) is 4.42. The molecule has 1 fully saturated rings. The van der Waals surface area contributed by atoms with Gasteiger partial charge < -0.3 is 5.32 Å². The highest BCUT2D eigenvalue weighted by Crippen LogP contribution is 2.24. The van der Waals surface area contributed by atoms with Crippen molar-refractivity contribution in [3.63, 3.8) is 0 Å². The zero-order valence-corrected chi connectivity index (χ0v) is 12.3. The summed E-state index contributed by atoms with van der Waals surface area (Å²) < 4.78 is 23.6. The van der Waals surface area contributed by atoms with Crippen LogP contribution in [-0.4, -0.2) is 35.9 Å². The van der Waals surface area contributed by atoms with Gasteiger partial charge >= 0.3 is 0 Å². The van der Waals surface area contributed by atoms with Crippen LogP contribution in [0, 0.1) is 0 Å². The van der Waals surface area contributed by atoms with E-state index in [2.05, 4.69) is 15.3 Å². The Morgan fingerprint density at radius 1 is 1.30 bits per heavy atom. The quantitative estimate of drug-likeness (QED) is 0.880. The van der Waals surface area contributed by atoms with Gasteiger partial charge in [0.05, 0.1) is 16.5 Å². The molecule has 0 amide bonds. The van der Waals surface area contributed by atoms with Gasteiger partial charge in [-0.05, 0) is 36.6 Å². The molecule has 20 heavy (non-hydrogen) atoms. The maximum atomic E-state index is 11.8. The number of hydrogen-bond donors (Lipinski definition) is 1. The zero-order valence-electron chi connectivity index (χ0n) is 10.7. The molecule has 1 atom stereocenters. The largest absolute Gasteiger partial charge is 0.368 e. The minimum atomic E-state index is -2.96. The van der Waals surface area contributed by atoms with Crippen LogP contribution in [0.4, 0.5) is 5.82 Å². The summed E-state index contributed by atoms with van der Waals surface area (Å²) in [4.78, 5) is 8.30. The smallest absolute Gasteiger partial charge is 0.224 e. The molecule has 0 spiro atoms. The molecule has 1 aliphatic rings. The molecular formula is C13H14ClN3O2S. The van der Waals surface area contributed by atoms with Crippen molar-refractivity contribution in [2.45, 2.75) is 18.1 Å². The van der Waals surface area contributed by atoms with E-state index in [1.165, 1.54) is 0 Å². The predicted octanol–water partition coefficient (Wildman–Crippen LogP) is 2.27. The summed E-state index contributed by atoms with van der Waals surface area (Å²) in [6.07, 6.45) is 1.44. The molecule has 1 unspecified atom stereocenters. The van der Waals surface area contributed by atoms with E-state index in [0.29, 0.717) is 18.8 Å². The second kappa shape index (κ2) is 5.18. The van der Waals surface area contributed by atoms with Crippen molar-refractivity contribution in [3.05, 3.63) is 29.5 Å². The average Bonchev–Trinajstić information content (AvgIpc) is 2.74. The molecule has 0 radical (unpaired) electrons. The molecule has 0 bridgehead atoms. The molecule has 1 aliphatic heterocycles. The number of para-hydroxylation sites is 1. The number of halogens is 1. The third-order valence-electron chi connectivity index (χ3n) is 3.54. The van der Waals surface area contributed by atoms with Crippen molar-refractivity contribution in [2.24, 2.45) is 0 Å².